The molecule has 0 spiro atoms. The number of benzene rings is 1. The van der Waals surface area contributed by atoms with Crippen LogP contribution < -0.4 is 4.74 Å². The molecule has 1 saturated heterocycles. The minimum atomic E-state index is -0.795. The third-order valence-electron chi connectivity index (χ3n) is 5.32. The van der Waals surface area contributed by atoms with Gasteiger partial charge in [-0.2, -0.15) is 0 Å². The van der Waals surface area contributed by atoms with Crippen LogP contribution in [0.15, 0.2) is 47.0 Å². The van der Waals surface area contributed by atoms with Gasteiger partial charge in [0.25, 0.3) is 5.91 Å². The highest BCUT2D eigenvalue weighted by Gasteiger charge is 2.45. The van der Waals surface area contributed by atoms with E-state index >= 15 is 0 Å². The van der Waals surface area contributed by atoms with Gasteiger partial charge in [-0.25, -0.2) is 0 Å². The summed E-state index contributed by atoms with van der Waals surface area (Å²) in [6.07, 6.45) is 1.57. The first-order valence-corrected chi connectivity index (χ1v) is 10.8. The normalized spacial score (nSPS) is 21.5. The van der Waals surface area contributed by atoms with Crippen LogP contribution in [0.5, 0.6) is 11.5 Å². The zero-order valence-corrected chi connectivity index (χ0v) is 17.4. The van der Waals surface area contributed by atoms with Crippen LogP contribution >= 0.6 is 11.3 Å². The molecule has 0 saturated carbocycles. The molecule has 1 aromatic heterocycles. The van der Waals surface area contributed by atoms with Crippen LogP contribution in [0.1, 0.15) is 41.0 Å². The number of ether oxygens (including phenoxy) is 2. The average Bonchev–Trinajstić information content (AvgIpc) is 3.48. The minimum absolute atomic E-state index is 0.0325. The molecular formula is C22H23NO6S. The van der Waals surface area contributed by atoms with E-state index in [-0.39, 0.29) is 35.5 Å². The molecule has 2 aliphatic rings. The second-order valence-electron chi connectivity index (χ2n) is 7.22. The summed E-state index contributed by atoms with van der Waals surface area (Å²) in [6, 6.07) is 7.34. The molecule has 2 aromatic rings. The maximum atomic E-state index is 13.2. The Hall–Kier alpha value is -2.84. The van der Waals surface area contributed by atoms with E-state index in [0.717, 1.165) is 12.8 Å². The number of carbonyl (C=O) groups excluding carboxylic acids is 2. The first-order valence-electron chi connectivity index (χ1n) is 9.90. The van der Waals surface area contributed by atoms with Gasteiger partial charge in [0, 0.05) is 13.2 Å². The molecule has 2 aliphatic heterocycles. The molecule has 158 valence electrons. The van der Waals surface area contributed by atoms with E-state index in [0.29, 0.717) is 23.7 Å². The van der Waals surface area contributed by atoms with Crippen LogP contribution in [0.3, 0.4) is 0 Å². The number of amides is 1. The van der Waals surface area contributed by atoms with Gasteiger partial charge in [-0.15, -0.1) is 11.3 Å². The number of nitrogens with zero attached hydrogens (tertiary/aromatic N) is 1. The second kappa shape index (κ2) is 8.49. The number of rotatable bonds is 7. The Morgan fingerprint density at radius 3 is 2.83 bits per heavy atom. The third-order valence-corrected chi connectivity index (χ3v) is 6.19. The van der Waals surface area contributed by atoms with E-state index in [1.165, 1.54) is 22.3 Å². The van der Waals surface area contributed by atoms with Crippen molar-refractivity contribution in [3.05, 3.63) is 57.5 Å². The third kappa shape index (κ3) is 3.68. The molecule has 30 heavy (non-hydrogen) atoms. The van der Waals surface area contributed by atoms with E-state index in [9.17, 15) is 19.8 Å². The molecule has 1 amide bonds. The van der Waals surface area contributed by atoms with E-state index in [1.807, 2.05) is 0 Å². The molecule has 0 aliphatic carbocycles. The molecule has 2 atom stereocenters. The van der Waals surface area contributed by atoms with Crippen molar-refractivity contribution in [1.82, 2.24) is 4.90 Å². The number of phenolic OH excluding ortho intramolecular Hbond substituents is 1. The van der Waals surface area contributed by atoms with Crippen molar-refractivity contribution in [3.63, 3.8) is 0 Å². The van der Waals surface area contributed by atoms with Gasteiger partial charge in [0.2, 0.25) is 5.78 Å². The smallest absolute Gasteiger partial charge is 0.290 e. The number of hydrogen-bond donors (Lipinski definition) is 2. The highest BCUT2D eigenvalue weighted by atomic mass is 32.1. The standard InChI is InChI=1S/C22H23NO6S/c1-2-28-16-11-13(7-8-15(16)24)19-18(20(25)17-6-4-10-30-17)21(26)22(27)23(19)12-14-5-3-9-29-14/h4,6-8,10-11,14,19,24,26H,2-3,5,9,12H2,1H3/t14-,19-/m0/s1. The number of Topliss-reactive ketones (excluding diaryl/α,β-unsaturated/α-hetero) is 1. The van der Waals surface area contributed by atoms with Gasteiger partial charge in [0.05, 0.1) is 29.2 Å². The van der Waals surface area contributed by atoms with Crippen molar-refractivity contribution in [2.24, 2.45) is 0 Å². The van der Waals surface area contributed by atoms with Gasteiger partial charge >= 0.3 is 0 Å². The zero-order chi connectivity index (χ0) is 21.3. The topological polar surface area (TPSA) is 96.3 Å². The number of thiophene rings is 1. The number of carbonyl (C=O) groups is 2. The minimum Gasteiger partial charge on any atom is -0.504 e. The van der Waals surface area contributed by atoms with Crippen LogP contribution in [-0.2, 0) is 9.53 Å². The molecule has 7 nitrogen and oxygen atoms in total. The van der Waals surface area contributed by atoms with Gasteiger partial charge in [-0.1, -0.05) is 12.1 Å². The summed E-state index contributed by atoms with van der Waals surface area (Å²) in [4.78, 5) is 28.1. The lowest BCUT2D eigenvalue weighted by molar-refractivity contribution is -0.131. The Balaban J connectivity index is 1.78. The molecule has 8 heteroatoms. The first kappa shape index (κ1) is 20.4. The van der Waals surface area contributed by atoms with Crippen molar-refractivity contribution >= 4 is 23.0 Å². The van der Waals surface area contributed by atoms with Crippen LogP contribution in [0, 0.1) is 0 Å². The molecule has 1 fully saturated rings. The van der Waals surface area contributed by atoms with E-state index in [1.54, 1.807) is 36.6 Å². The largest absolute Gasteiger partial charge is 0.504 e. The van der Waals surface area contributed by atoms with E-state index < -0.39 is 17.7 Å². The fourth-order valence-electron chi connectivity index (χ4n) is 3.94. The van der Waals surface area contributed by atoms with Gasteiger partial charge in [-0.3, -0.25) is 9.59 Å². The van der Waals surface area contributed by atoms with Crippen molar-refractivity contribution < 1.29 is 29.3 Å². The maximum absolute atomic E-state index is 13.2. The van der Waals surface area contributed by atoms with Crippen molar-refractivity contribution in [3.8, 4) is 11.5 Å². The monoisotopic (exact) mass is 429 g/mol. The predicted molar refractivity (Wildman–Crippen MR) is 111 cm³/mol. The summed E-state index contributed by atoms with van der Waals surface area (Å²) < 4.78 is 11.2. The van der Waals surface area contributed by atoms with Crippen LogP contribution in [0.2, 0.25) is 0 Å². The fourth-order valence-corrected chi connectivity index (χ4v) is 4.62. The summed E-state index contributed by atoms with van der Waals surface area (Å²) in [6.45, 7) is 3.04. The fraction of sp³-hybridized carbons (Fsp3) is 0.364. The first-order chi connectivity index (χ1) is 14.5. The van der Waals surface area contributed by atoms with Crippen molar-refractivity contribution in [2.75, 3.05) is 19.8 Å². The molecule has 4 rings (SSSR count). The summed E-state index contributed by atoms with van der Waals surface area (Å²) in [7, 11) is 0. The maximum Gasteiger partial charge on any atom is 0.290 e. The molecule has 1 aromatic carbocycles. The van der Waals surface area contributed by atoms with Crippen LogP contribution in [0.4, 0.5) is 0 Å². The number of aliphatic hydroxyl groups excluding tert-OH is 1. The van der Waals surface area contributed by atoms with Crippen LogP contribution in [-0.4, -0.2) is 52.7 Å². The average molecular weight is 429 g/mol. The lowest BCUT2D eigenvalue weighted by atomic mass is 9.95. The summed E-state index contributed by atoms with van der Waals surface area (Å²) in [5, 5.41) is 22.5. The molecule has 2 N–H and O–H groups in total. The number of aliphatic hydroxyl groups is 1. The molecule has 0 bridgehead atoms. The van der Waals surface area contributed by atoms with E-state index in [2.05, 4.69) is 0 Å². The molecular weight excluding hydrogens is 406 g/mol. The predicted octanol–water partition coefficient (Wildman–Crippen LogP) is 3.61. The van der Waals surface area contributed by atoms with Gasteiger partial charge in [0.1, 0.15) is 0 Å². The number of aromatic hydroxyl groups is 1. The molecule has 0 unspecified atom stereocenters. The summed E-state index contributed by atoms with van der Waals surface area (Å²) in [5.74, 6) is -1.30. The molecule has 3 heterocycles. The Bertz CT molecular complexity index is 978. The quantitative estimate of drug-likeness (QED) is 0.653. The lowest BCUT2D eigenvalue weighted by Gasteiger charge is -2.29. The zero-order valence-electron chi connectivity index (χ0n) is 16.5. The SMILES string of the molecule is CCOc1cc([C@H]2C(C(=O)c3cccs3)=C(O)C(=O)N2C[C@@H]2CCCO2)ccc1O. The van der Waals surface area contributed by atoms with Gasteiger partial charge in [0.15, 0.2) is 17.3 Å². The Kier molecular flexibility index (Phi) is 5.78. The summed E-state index contributed by atoms with van der Waals surface area (Å²) in [5.41, 5.74) is 0.611. The summed E-state index contributed by atoms with van der Waals surface area (Å²) >= 11 is 1.25. The second-order valence-corrected chi connectivity index (χ2v) is 8.17. The van der Waals surface area contributed by atoms with Crippen molar-refractivity contribution in [1.29, 1.82) is 0 Å². The Morgan fingerprint density at radius 2 is 2.17 bits per heavy atom. The Labute approximate surface area is 178 Å². The molecule has 0 radical (unpaired) electrons. The number of ketones is 1. The number of phenols is 1. The van der Waals surface area contributed by atoms with Crippen LogP contribution in [0.25, 0.3) is 0 Å². The van der Waals surface area contributed by atoms with Crippen molar-refractivity contribution in [2.45, 2.75) is 31.9 Å². The van der Waals surface area contributed by atoms with Gasteiger partial charge in [-0.05, 0) is 48.9 Å². The van der Waals surface area contributed by atoms with E-state index in [4.69, 9.17) is 9.47 Å². The Morgan fingerprint density at radius 1 is 1.33 bits per heavy atom. The highest BCUT2D eigenvalue weighted by Crippen LogP contribution is 2.42. The number of hydrogen-bond acceptors (Lipinski definition) is 7. The van der Waals surface area contributed by atoms with Gasteiger partial charge < -0.3 is 24.6 Å². The lowest BCUT2D eigenvalue weighted by Crippen LogP contribution is -2.37. The highest BCUT2D eigenvalue weighted by molar-refractivity contribution is 7.12.